The minimum Gasteiger partial charge on any atom is -0.323 e. The number of hydrogen-bond acceptors (Lipinski definition) is 5. The molecule has 136 valence electrons. The highest BCUT2D eigenvalue weighted by atomic mass is 32.2. The van der Waals surface area contributed by atoms with Gasteiger partial charge in [-0.3, -0.25) is 14.0 Å². The second kappa shape index (κ2) is 7.55. The van der Waals surface area contributed by atoms with Gasteiger partial charge in [0.2, 0.25) is 5.91 Å². The predicted octanol–water partition coefficient (Wildman–Crippen LogP) is 3.60. The number of thioether (sulfide) groups is 1. The van der Waals surface area contributed by atoms with Gasteiger partial charge in [-0.2, -0.15) is 0 Å². The van der Waals surface area contributed by atoms with Crippen molar-refractivity contribution in [2.45, 2.75) is 24.9 Å². The molecule has 0 saturated carbocycles. The van der Waals surface area contributed by atoms with Crippen LogP contribution in [0.3, 0.4) is 0 Å². The number of benzene rings is 1. The molecule has 5 nitrogen and oxygen atoms in total. The summed E-state index contributed by atoms with van der Waals surface area (Å²) >= 11 is 2.63. The van der Waals surface area contributed by atoms with Gasteiger partial charge in [0.25, 0.3) is 5.56 Å². The molecule has 2 heterocycles. The largest absolute Gasteiger partial charge is 0.323 e. The Morgan fingerprint density at radius 1 is 1.38 bits per heavy atom. The van der Waals surface area contributed by atoms with Crippen molar-refractivity contribution in [2.75, 3.05) is 5.32 Å². The van der Waals surface area contributed by atoms with E-state index in [9.17, 15) is 18.4 Å². The summed E-state index contributed by atoms with van der Waals surface area (Å²) in [5.74, 6) is -1.44. The SMILES string of the molecule is Cc1csc2nc(CSC(C)C(=O)Nc3cc(F)ccc3F)cc(=O)n12. The van der Waals surface area contributed by atoms with Crippen molar-refractivity contribution in [1.82, 2.24) is 9.38 Å². The molecular formula is C17H15F2N3O2S2. The molecule has 1 atom stereocenters. The van der Waals surface area contributed by atoms with Crippen molar-refractivity contribution in [3.63, 3.8) is 0 Å². The lowest BCUT2D eigenvalue weighted by molar-refractivity contribution is -0.115. The Balaban J connectivity index is 1.66. The fourth-order valence-corrected chi connectivity index (χ4v) is 3.96. The van der Waals surface area contributed by atoms with Gasteiger partial charge in [0.15, 0.2) is 4.96 Å². The smallest absolute Gasteiger partial charge is 0.258 e. The highest BCUT2D eigenvalue weighted by molar-refractivity contribution is 7.99. The number of halogens is 2. The lowest BCUT2D eigenvalue weighted by atomic mass is 10.3. The summed E-state index contributed by atoms with van der Waals surface area (Å²) in [5, 5.41) is 3.69. The van der Waals surface area contributed by atoms with E-state index in [1.165, 1.54) is 33.6 Å². The standard InChI is InChI=1S/C17H15F2N3O2S2/c1-9-7-26-17-20-12(6-15(23)22(9)17)8-25-10(2)16(24)21-14-5-11(18)3-4-13(14)19/h3-7,10H,8H2,1-2H3,(H,21,24). The van der Waals surface area contributed by atoms with Crippen LogP contribution in [0.25, 0.3) is 4.96 Å². The summed E-state index contributed by atoms with van der Waals surface area (Å²) in [4.78, 5) is 29.3. The Labute approximate surface area is 156 Å². The van der Waals surface area contributed by atoms with Crippen LogP contribution in [0, 0.1) is 18.6 Å². The quantitative estimate of drug-likeness (QED) is 0.717. The first-order valence-corrected chi connectivity index (χ1v) is 9.62. The van der Waals surface area contributed by atoms with Gasteiger partial charge in [0.1, 0.15) is 11.6 Å². The van der Waals surface area contributed by atoms with Gasteiger partial charge in [-0.15, -0.1) is 23.1 Å². The molecule has 0 spiro atoms. The molecule has 0 radical (unpaired) electrons. The summed E-state index contributed by atoms with van der Waals surface area (Å²) < 4.78 is 28.3. The van der Waals surface area contributed by atoms with Crippen molar-refractivity contribution in [1.29, 1.82) is 0 Å². The fraction of sp³-hybridized carbons (Fsp3) is 0.235. The molecule has 0 saturated heterocycles. The molecule has 1 unspecified atom stereocenters. The molecule has 0 bridgehead atoms. The van der Waals surface area contributed by atoms with Crippen LogP contribution in [-0.4, -0.2) is 20.5 Å². The number of aromatic nitrogens is 2. The second-order valence-corrected chi connectivity index (χ2v) is 7.81. The summed E-state index contributed by atoms with van der Waals surface area (Å²) in [6.07, 6.45) is 0. The number of carbonyl (C=O) groups excluding carboxylic acids is 1. The average Bonchev–Trinajstić information content (AvgIpc) is 2.97. The van der Waals surface area contributed by atoms with E-state index in [4.69, 9.17) is 0 Å². The van der Waals surface area contributed by atoms with Gasteiger partial charge in [0, 0.05) is 29.0 Å². The molecule has 3 aromatic rings. The molecule has 1 aromatic carbocycles. The van der Waals surface area contributed by atoms with Crippen molar-refractivity contribution >= 4 is 39.7 Å². The minimum absolute atomic E-state index is 0.164. The Hall–Kier alpha value is -2.26. The molecule has 1 amide bonds. The Morgan fingerprint density at radius 3 is 2.92 bits per heavy atom. The first-order chi connectivity index (χ1) is 12.3. The maximum Gasteiger partial charge on any atom is 0.258 e. The zero-order chi connectivity index (χ0) is 18.8. The topological polar surface area (TPSA) is 63.5 Å². The van der Waals surface area contributed by atoms with E-state index in [-0.39, 0.29) is 11.2 Å². The Kier molecular flexibility index (Phi) is 5.38. The van der Waals surface area contributed by atoms with E-state index < -0.39 is 22.8 Å². The molecular weight excluding hydrogens is 380 g/mol. The van der Waals surface area contributed by atoms with Crippen LogP contribution in [-0.2, 0) is 10.5 Å². The van der Waals surface area contributed by atoms with E-state index in [0.29, 0.717) is 16.4 Å². The number of nitrogens with zero attached hydrogens (tertiary/aromatic N) is 2. The number of nitrogens with one attached hydrogen (secondary N) is 1. The number of hydrogen-bond donors (Lipinski definition) is 1. The van der Waals surface area contributed by atoms with Crippen LogP contribution in [0.2, 0.25) is 0 Å². The van der Waals surface area contributed by atoms with E-state index in [0.717, 1.165) is 23.9 Å². The van der Waals surface area contributed by atoms with Crippen LogP contribution in [0.1, 0.15) is 18.3 Å². The Bertz CT molecular complexity index is 1030. The molecule has 26 heavy (non-hydrogen) atoms. The third-order valence-corrected chi connectivity index (χ3v) is 5.79. The van der Waals surface area contributed by atoms with Crippen molar-refractivity contribution in [3.05, 3.63) is 63.0 Å². The lowest BCUT2D eigenvalue weighted by Crippen LogP contribution is -2.23. The molecule has 9 heteroatoms. The molecule has 2 aromatic heterocycles. The first kappa shape index (κ1) is 18.5. The molecule has 0 fully saturated rings. The second-order valence-electron chi connectivity index (χ2n) is 5.65. The molecule has 0 aliphatic carbocycles. The fourth-order valence-electron chi connectivity index (χ4n) is 2.29. The zero-order valence-corrected chi connectivity index (χ0v) is 15.6. The number of amides is 1. The lowest BCUT2D eigenvalue weighted by Gasteiger charge is -2.12. The highest BCUT2D eigenvalue weighted by Crippen LogP contribution is 2.21. The summed E-state index contributed by atoms with van der Waals surface area (Å²) in [7, 11) is 0. The number of rotatable bonds is 5. The van der Waals surface area contributed by atoms with Crippen LogP contribution in [0.4, 0.5) is 14.5 Å². The van der Waals surface area contributed by atoms with Crippen molar-refractivity contribution in [3.8, 4) is 0 Å². The normalized spacial score (nSPS) is 12.3. The maximum absolute atomic E-state index is 13.6. The number of thiazole rings is 1. The number of anilines is 1. The van der Waals surface area contributed by atoms with Gasteiger partial charge in [-0.1, -0.05) is 0 Å². The highest BCUT2D eigenvalue weighted by Gasteiger charge is 2.17. The van der Waals surface area contributed by atoms with Crippen LogP contribution >= 0.6 is 23.1 Å². The van der Waals surface area contributed by atoms with E-state index in [1.54, 1.807) is 6.92 Å². The van der Waals surface area contributed by atoms with Gasteiger partial charge < -0.3 is 5.32 Å². The number of fused-ring (bicyclic) bond motifs is 1. The van der Waals surface area contributed by atoms with Gasteiger partial charge in [0.05, 0.1) is 16.6 Å². The first-order valence-electron chi connectivity index (χ1n) is 7.69. The van der Waals surface area contributed by atoms with Gasteiger partial charge >= 0.3 is 0 Å². The number of aryl methyl sites for hydroxylation is 1. The van der Waals surface area contributed by atoms with Gasteiger partial charge in [-0.05, 0) is 26.0 Å². The molecule has 1 N–H and O–H groups in total. The molecule has 0 aliphatic rings. The van der Waals surface area contributed by atoms with Gasteiger partial charge in [-0.25, -0.2) is 13.8 Å². The van der Waals surface area contributed by atoms with Crippen molar-refractivity contribution in [2.24, 2.45) is 0 Å². The molecule has 0 aliphatic heterocycles. The summed E-state index contributed by atoms with van der Waals surface area (Å²) in [6, 6.07) is 4.31. The monoisotopic (exact) mass is 395 g/mol. The van der Waals surface area contributed by atoms with E-state index in [1.807, 2.05) is 12.3 Å². The van der Waals surface area contributed by atoms with Crippen LogP contribution < -0.4 is 10.9 Å². The van der Waals surface area contributed by atoms with E-state index in [2.05, 4.69) is 10.3 Å². The third-order valence-electron chi connectivity index (χ3n) is 3.67. The summed E-state index contributed by atoms with van der Waals surface area (Å²) in [5.41, 5.74) is 1.03. The predicted molar refractivity (Wildman–Crippen MR) is 99.8 cm³/mol. The minimum atomic E-state index is -0.704. The van der Waals surface area contributed by atoms with E-state index >= 15 is 0 Å². The van der Waals surface area contributed by atoms with Crippen LogP contribution in [0.15, 0.2) is 34.4 Å². The number of carbonyl (C=O) groups is 1. The maximum atomic E-state index is 13.6. The van der Waals surface area contributed by atoms with Crippen LogP contribution in [0.5, 0.6) is 0 Å². The molecule has 3 rings (SSSR count). The Morgan fingerprint density at radius 2 is 2.15 bits per heavy atom. The third kappa shape index (κ3) is 3.94. The zero-order valence-electron chi connectivity index (χ0n) is 14.0. The van der Waals surface area contributed by atoms with Crippen molar-refractivity contribution < 1.29 is 13.6 Å². The average molecular weight is 395 g/mol. The summed E-state index contributed by atoms with van der Waals surface area (Å²) in [6.45, 7) is 3.48.